The summed E-state index contributed by atoms with van der Waals surface area (Å²) >= 11 is 0. The lowest BCUT2D eigenvalue weighted by atomic mass is 9.89. The Kier molecular flexibility index (Phi) is 3.76. The zero-order valence-corrected chi connectivity index (χ0v) is 12.9. The molecule has 5 nitrogen and oxygen atoms in total. The van der Waals surface area contributed by atoms with Gasteiger partial charge in [0, 0.05) is 18.3 Å². The molecule has 1 aromatic rings. The van der Waals surface area contributed by atoms with Crippen molar-refractivity contribution in [1.29, 1.82) is 0 Å². The number of rotatable bonds is 2. The number of benzene rings is 1. The molecule has 2 aliphatic rings. The number of methoxy groups -OCH3 is 1. The molecule has 3 rings (SSSR count). The fourth-order valence-electron chi connectivity index (χ4n) is 3.46. The molecule has 0 saturated carbocycles. The van der Waals surface area contributed by atoms with Crippen LogP contribution >= 0.6 is 0 Å². The Bertz CT molecular complexity index is 545. The summed E-state index contributed by atoms with van der Waals surface area (Å²) in [6.07, 6.45) is 3.39. The fraction of sp³-hybridized carbons (Fsp3) is 0.562. The van der Waals surface area contributed by atoms with Gasteiger partial charge in [-0.3, -0.25) is 4.99 Å². The highest BCUT2D eigenvalue weighted by Gasteiger charge is 2.43. The minimum Gasteiger partial charge on any atom is -0.497 e. The molecule has 1 unspecified atom stereocenters. The Balaban J connectivity index is 1.94. The molecule has 0 amide bonds. The van der Waals surface area contributed by atoms with E-state index < -0.39 is 0 Å². The fourth-order valence-corrected chi connectivity index (χ4v) is 3.46. The van der Waals surface area contributed by atoms with E-state index in [0.717, 1.165) is 43.9 Å². The minimum absolute atomic E-state index is 0.0290. The summed E-state index contributed by atoms with van der Waals surface area (Å²) in [7, 11) is 3.88. The summed E-state index contributed by atoms with van der Waals surface area (Å²) in [6, 6.07) is 8.10. The van der Waals surface area contributed by atoms with Gasteiger partial charge in [0.15, 0.2) is 5.96 Å². The van der Waals surface area contributed by atoms with E-state index in [-0.39, 0.29) is 5.54 Å². The molecule has 2 heterocycles. The molecule has 1 saturated heterocycles. The van der Waals surface area contributed by atoms with Gasteiger partial charge in [-0.15, -0.1) is 0 Å². The number of hydrogen-bond acceptors (Lipinski definition) is 5. The first-order valence-corrected chi connectivity index (χ1v) is 7.57. The van der Waals surface area contributed by atoms with Crippen molar-refractivity contribution < 1.29 is 4.74 Å². The summed E-state index contributed by atoms with van der Waals surface area (Å²) < 4.78 is 5.35. The molecule has 5 heteroatoms. The van der Waals surface area contributed by atoms with Crippen LogP contribution in [-0.2, 0) is 0 Å². The van der Waals surface area contributed by atoms with Gasteiger partial charge in [0.25, 0.3) is 0 Å². The van der Waals surface area contributed by atoms with Crippen LogP contribution in [0.4, 0.5) is 5.69 Å². The quantitative estimate of drug-likeness (QED) is 0.899. The number of nitrogens with zero attached hydrogens (tertiary/aromatic N) is 3. The van der Waals surface area contributed by atoms with Gasteiger partial charge in [0.05, 0.1) is 19.2 Å². The van der Waals surface area contributed by atoms with Crippen LogP contribution in [-0.4, -0.2) is 50.2 Å². The molecule has 1 aromatic carbocycles. The summed E-state index contributed by atoms with van der Waals surface area (Å²) in [6.45, 7) is 3.03. The SMILES string of the molecule is COc1cccc(N2C(N)=NCC23CCCN(C)CC3)c1. The van der Waals surface area contributed by atoms with Crippen molar-refractivity contribution in [3.05, 3.63) is 24.3 Å². The van der Waals surface area contributed by atoms with Crippen LogP contribution < -0.4 is 15.4 Å². The predicted octanol–water partition coefficient (Wildman–Crippen LogP) is 1.68. The number of aliphatic imine (C=N–C) groups is 1. The molecule has 1 spiro atoms. The molecule has 2 N–H and O–H groups in total. The number of guanidine groups is 1. The van der Waals surface area contributed by atoms with Gasteiger partial charge in [-0.05, 0) is 45.0 Å². The van der Waals surface area contributed by atoms with Crippen molar-refractivity contribution in [2.24, 2.45) is 10.7 Å². The lowest BCUT2D eigenvalue weighted by Crippen LogP contribution is -2.52. The molecule has 114 valence electrons. The lowest BCUT2D eigenvalue weighted by Gasteiger charge is -2.38. The average Bonchev–Trinajstić information content (AvgIpc) is 2.70. The Morgan fingerprint density at radius 3 is 2.95 bits per heavy atom. The summed E-state index contributed by atoms with van der Waals surface area (Å²) in [5, 5.41) is 0. The number of anilines is 1. The van der Waals surface area contributed by atoms with Crippen LogP contribution in [0.5, 0.6) is 5.75 Å². The van der Waals surface area contributed by atoms with Crippen LogP contribution in [0.25, 0.3) is 0 Å². The van der Waals surface area contributed by atoms with E-state index in [9.17, 15) is 0 Å². The van der Waals surface area contributed by atoms with Crippen LogP contribution in [0, 0.1) is 0 Å². The van der Waals surface area contributed by atoms with Gasteiger partial charge >= 0.3 is 0 Å². The molecule has 0 bridgehead atoms. The first kappa shape index (κ1) is 14.2. The first-order valence-electron chi connectivity index (χ1n) is 7.57. The average molecular weight is 288 g/mol. The Hall–Kier alpha value is -1.75. The zero-order chi connectivity index (χ0) is 14.9. The van der Waals surface area contributed by atoms with Gasteiger partial charge in [-0.1, -0.05) is 6.07 Å². The summed E-state index contributed by atoms with van der Waals surface area (Å²) in [5.41, 5.74) is 7.33. The molecular formula is C16H24N4O. The molecule has 1 atom stereocenters. The summed E-state index contributed by atoms with van der Waals surface area (Å²) in [5.74, 6) is 1.49. The highest BCUT2D eigenvalue weighted by atomic mass is 16.5. The zero-order valence-electron chi connectivity index (χ0n) is 12.9. The maximum absolute atomic E-state index is 6.22. The number of ether oxygens (including phenoxy) is 1. The van der Waals surface area contributed by atoms with E-state index in [1.165, 1.54) is 6.42 Å². The smallest absolute Gasteiger partial charge is 0.196 e. The monoisotopic (exact) mass is 288 g/mol. The Labute approximate surface area is 126 Å². The predicted molar refractivity (Wildman–Crippen MR) is 86.0 cm³/mol. The van der Waals surface area contributed by atoms with Crippen molar-refractivity contribution in [2.75, 3.05) is 38.7 Å². The first-order chi connectivity index (χ1) is 10.1. The van der Waals surface area contributed by atoms with Crippen molar-refractivity contribution in [1.82, 2.24) is 4.90 Å². The van der Waals surface area contributed by atoms with Crippen LogP contribution in [0.2, 0.25) is 0 Å². The van der Waals surface area contributed by atoms with Gasteiger partial charge in [-0.2, -0.15) is 0 Å². The third-order valence-electron chi connectivity index (χ3n) is 4.69. The van der Waals surface area contributed by atoms with Gasteiger partial charge in [0.2, 0.25) is 0 Å². The van der Waals surface area contributed by atoms with E-state index in [0.29, 0.717) is 5.96 Å². The summed E-state index contributed by atoms with van der Waals surface area (Å²) in [4.78, 5) is 9.18. The second-order valence-electron chi connectivity index (χ2n) is 6.09. The molecule has 0 radical (unpaired) electrons. The second kappa shape index (κ2) is 5.56. The molecule has 0 aliphatic carbocycles. The van der Waals surface area contributed by atoms with Gasteiger partial charge in [0.1, 0.15) is 5.75 Å². The maximum atomic E-state index is 6.22. The maximum Gasteiger partial charge on any atom is 0.196 e. The number of nitrogens with two attached hydrogens (primary N) is 1. The van der Waals surface area contributed by atoms with E-state index in [1.807, 2.05) is 18.2 Å². The highest BCUT2D eigenvalue weighted by Crippen LogP contribution is 2.37. The van der Waals surface area contributed by atoms with E-state index >= 15 is 0 Å². The van der Waals surface area contributed by atoms with Crippen molar-refractivity contribution in [3.63, 3.8) is 0 Å². The topological polar surface area (TPSA) is 54.1 Å². The van der Waals surface area contributed by atoms with Gasteiger partial charge in [-0.25, -0.2) is 0 Å². The van der Waals surface area contributed by atoms with Crippen molar-refractivity contribution in [2.45, 2.75) is 24.8 Å². The highest BCUT2D eigenvalue weighted by molar-refractivity contribution is 5.98. The third-order valence-corrected chi connectivity index (χ3v) is 4.69. The van der Waals surface area contributed by atoms with E-state index in [4.69, 9.17) is 10.5 Å². The molecule has 1 fully saturated rings. The van der Waals surface area contributed by atoms with Gasteiger partial charge < -0.3 is 20.3 Å². The Morgan fingerprint density at radius 2 is 2.14 bits per heavy atom. The second-order valence-corrected chi connectivity index (χ2v) is 6.09. The lowest BCUT2D eigenvalue weighted by molar-refractivity contribution is 0.334. The molecule has 2 aliphatic heterocycles. The van der Waals surface area contributed by atoms with Crippen LogP contribution in [0.15, 0.2) is 29.3 Å². The number of likely N-dealkylation sites (tertiary alicyclic amines) is 1. The largest absolute Gasteiger partial charge is 0.497 e. The van der Waals surface area contributed by atoms with Crippen LogP contribution in [0.1, 0.15) is 19.3 Å². The molecular weight excluding hydrogens is 264 g/mol. The molecule has 0 aromatic heterocycles. The number of hydrogen-bond donors (Lipinski definition) is 1. The normalized spacial score (nSPS) is 26.8. The van der Waals surface area contributed by atoms with E-state index in [2.05, 4.69) is 27.9 Å². The molecule has 21 heavy (non-hydrogen) atoms. The Morgan fingerprint density at radius 1 is 1.29 bits per heavy atom. The van der Waals surface area contributed by atoms with Crippen molar-refractivity contribution >= 4 is 11.6 Å². The minimum atomic E-state index is 0.0290. The van der Waals surface area contributed by atoms with E-state index in [1.54, 1.807) is 7.11 Å². The van der Waals surface area contributed by atoms with Crippen molar-refractivity contribution in [3.8, 4) is 5.75 Å². The third kappa shape index (κ3) is 2.58. The standard InChI is InChI=1S/C16H24N4O/c1-19-9-4-7-16(8-10-19)12-18-15(17)20(16)13-5-3-6-14(11-13)21-2/h3,5-6,11H,4,7-10,12H2,1-2H3,(H2,17,18). The van der Waals surface area contributed by atoms with Crippen LogP contribution in [0.3, 0.4) is 0 Å².